The molecule has 1 heterocycles. The summed E-state index contributed by atoms with van der Waals surface area (Å²) in [5, 5.41) is 3.83. The van der Waals surface area contributed by atoms with Gasteiger partial charge in [-0.3, -0.25) is 14.2 Å². The lowest BCUT2D eigenvalue weighted by Gasteiger charge is -2.14. The van der Waals surface area contributed by atoms with E-state index >= 15 is 0 Å². The van der Waals surface area contributed by atoms with Crippen LogP contribution in [-0.2, 0) is 20.8 Å². The summed E-state index contributed by atoms with van der Waals surface area (Å²) < 4.78 is 12.2. The van der Waals surface area contributed by atoms with E-state index in [-0.39, 0.29) is 23.3 Å². The summed E-state index contributed by atoms with van der Waals surface area (Å²) in [5.74, 6) is -0.576. The quantitative estimate of drug-likeness (QED) is 0.190. The van der Waals surface area contributed by atoms with Crippen molar-refractivity contribution in [2.75, 3.05) is 24.3 Å². The average molecular weight is 484 g/mol. The number of aromatic nitrogens is 2. The Bertz CT molecular complexity index is 1190. The molecule has 0 fully saturated rings. The number of hydrogen-bond donors (Lipinski definition) is 1. The van der Waals surface area contributed by atoms with Gasteiger partial charge < -0.3 is 14.8 Å². The number of benzene rings is 2. The summed E-state index contributed by atoms with van der Waals surface area (Å²) in [5.41, 5.74) is 1.45. The number of carbonyl (C=O) groups excluding carboxylic acids is 2. The lowest BCUT2D eigenvalue weighted by molar-refractivity contribution is -0.113. The fourth-order valence-electron chi connectivity index (χ4n) is 3.23. The minimum absolute atomic E-state index is 0.0763. The predicted molar refractivity (Wildman–Crippen MR) is 133 cm³/mol. The molecule has 0 aliphatic heterocycles. The third kappa shape index (κ3) is 6.91. The Balaban J connectivity index is 1.69. The number of hydrogen-bond acceptors (Lipinski definition) is 7. The summed E-state index contributed by atoms with van der Waals surface area (Å²) >= 11 is 1.21. The van der Waals surface area contributed by atoms with Crippen molar-refractivity contribution in [2.45, 2.75) is 45.0 Å². The maximum absolute atomic E-state index is 13.1. The van der Waals surface area contributed by atoms with Crippen LogP contribution in [0.4, 0.5) is 5.69 Å². The normalized spacial score (nSPS) is 11.1. The first-order valence-corrected chi connectivity index (χ1v) is 12.2. The van der Waals surface area contributed by atoms with Gasteiger partial charge in [-0.15, -0.1) is 0 Å². The van der Waals surface area contributed by atoms with E-state index in [0.717, 1.165) is 0 Å². The van der Waals surface area contributed by atoms with Crippen LogP contribution in [0.25, 0.3) is 10.9 Å². The zero-order valence-corrected chi connectivity index (χ0v) is 20.4. The van der Waals surface area contributed by atoms with Crippen molar-refractivity contribution >= 4 is 40.2 Å². The van der Waals surface area contributed by atoms with Gasteiger partial charge in [-0.05, 0) is 63.6 Å². The smallest absolute Gasteiger partial charge is 0.338 e. The minimum atomic E-state index is -0.407. The summed E-state index contributed by atoms with van der Waals surface area (Å²) in [6.07, 6.45) is 0.778. The average Bonchev–Trinajstić information content (AvgIpc) is 2.82. The van der Waals surface area contributed by atoms with E-state index in [1.54, 1.807) is 47.9 Å². The Morgan fingerprint density at radius 2 is 1.85 bits per heavy atom. The number of nitrogens with one attached hydrogen (secondary N) is 1. The van der Waals surface area contributed by atoms with Crippen LogP contribution in [0.15, 0.2) is 58.5 Å². The number of para-hydroxylation sites is 1. The molecule has 2 aromatic carbocycles. The number of carbonyl (C=O) groups is 2. The van der Waals surface area contributed by atoms with Gasteiger partial charge >= 0.3 is 5.97 Å². The molecule has 0 bridgehead atoms. The van der Waals surface area contributed by atoms with E-state index in [1.165, 1.54) is 11.8 Å². The molecular formula is C25H29N3O5S. The highest BCUT2D eigenvalue weighted by Crippen LogP contribution is 2.19. The Morgan fingerprint density at radius 1 is 1.12 bits per heavy atom. The number of nitrogens with zero attached hydrogens (tertiary/aromatic N) is 2. The number of esters is 1. The van der Waals surface area contributed by atoms with E-state index in [1.807, 2.05) is 26.0 Å². The van der Waals surface area contributed by atoms with E-state index < -0.39 is 5.97 Å². The Hall–Kier alpha value is -3.17. The first kappa shape index (κ1) is 25.5. The molecule has 3 rings (SSSR count). The second-order valence-corrected chi connectivity index (χ2v) is 8.72. The Kier molecular flexibility index (Phi) is 9.24. The van der Waals surface area contributed by atoms with Crippen LogP contribution in [0.3, 0.4) is 0 Å². The first-order valence-electron chi connectivity index (χ1n) is 11.2. The van der Waals surface area contributed by atoms with E-state index in [9.17, 15) is 14.4 Å². The molecule has 0 radical (unpaired) electrons. The molecule has 0 atom stereocenters. The monoisotopic (exact) mass is 483 g/mol. The fraction of sp³-hybridized carbons (Fsp3) is 0.360. The van der Waals surface area contributed by atoms with Crippen LogP contribution < -0.4 is 10.9 Å². The first-order chi connectivity index (χ1) is 16.4. The van der Waals surface area contributed by atoms with Crippen molar-refractivity contribution in [1.82, 2.24) is 9.55 Å². The molecule has 1 aromatic heterocycles. The van der Waals surface area contributed by atoms with Crippen molar-refractivity contribution in [3.05, 3.63) is 64.4 Å². The van der Waals surface area contributed by atoms with Crippen LogP contribution in [0, 0.1) is 0 Å². The standard InChI is InChI=1S/C25H29N3O5S/c1-4-32-24(31)18-10-12-19(13-11-18)26-22(29)16-34-25-27-21-9-6-5-8-20(21)23(30)28(25)14-7-15-33-17(2)3/h5-6,8-13,17H,4,7,14-16H2,1-3H3,(H,26,29). The molecular weight excluding hydrogens is 454 g/mol. The van der Waals surface area contributed by atoms with Crippen molar-refractivity contribution in [3.8, 4) is 0 Å². The topological polar surface area (TPSA) is 99.5 Å². The highest BCUT2D eigenvalue weighted by atomic mass is 32.2. The zero-order chi connectivity index (χ0) is 24.5. The SMILES string of the molecule is CCOC(=O)c1ccc(NC(=O)CSc2nc3ccccc3c(=O)n2CCCOC(C)C)cc1. The highest BCUT2D eigenvalue weighted by molar-refractivity contribution is 7.99. The van der Waals surface area contributed by atoms with Gasteiger partial charge in [-0.2, -0.15) is 0 Å². The predicted octanol–water partition coefficient (Wildman–Crippen LogP) is 4.12. The molecule has 3 aromatic rings. The molecule has 9 heteroatoms. The van der Waals surface area contributed by atoms with Gasteiger partial charge in [-0.25, -0.2) is 9.78 Å². The van der Waals surface area contributed by atoms with Crippen LogP contribution in [0.1, 0.15) is 37.6 Å². The third-order valence-corrected chi connectivity index (χ3v) is 5.79. The number of rotatable bonds is 11. The van der Waals surface area contributed by atoms with Gasteiger partial charge in [0, 0.05) is 18.8 Å². The minimum Gasteiger partial charge on any atom is -0.462 e. The molecule has 0 aliphatic rings. The van der Waals surface area contributed by atoms with Crippen molar-refractivity contribution < 1.29 is 19.1 Å². The van der Waals surface area contributed by atoms with Crippen molar-refractivity contribution in [1.29, 1.82) is 0 Å². The van der Waals surface area contributed by atoms with Crippen LogP contribution >= 0.6 is 11.8 Å². The zero-order valence-electron chi connectivity index (χ0n) is 19.6. The van der Waals surface area contributed by atoms with Crippen LogP contribution in [-0.4, -0.2) is 46.5 Å². The molecule has 1 amide bonds. The Morgan fingerprint density at radius 3 is 2.56 bits per heavy atom. The maximum atomic E-state index is 13.1. The molecule has 0 spiro atoms. The maximum Gasteiger partial charge on any atom is 0.338 e. The van der Waals surface area contributed by atoms with Gasteiger partial charge in [0.2, 0.25) is 5.91 Å². The number of fused-ring (bicyclic) bond motifs is 1. The molecule has 1 N–H and O–H groups in total. The lowest BCUT2D eigenvalue weighted by atomic mass is 10.2. The lowest BCUT2D eigenvalue weighted by Crippen LogP contribution is -2.25. The summed E-state index contributed by atoms with van der Waals surface area (Å²) in [4.78, 5) is 42.0. The van der Waals surface area contributed by atoms with E-state index in [4.69, 9.17) is 9.47 Å². The molecule has 0 saturated carbocycles. The van der Waals surface area contributed by atoms with Gasteiger partial charge in [-0.1, -0.05) is 23.9 Å². The van der Waals surface area contributed by atoms with Crippen LogP contribution in [0.2, 0.25) is 0 Å². The Labute approximate surface area is 202 Å². The molecule has 34 heavy (non-hydrogen) atoms. The number of ether oxygens (including phenoxy) is 2. The third-order valence-electron chi connectivity index (χ3n) is 4.82. The molecule has 0 aliphatic carbocycles. The fourth-order valence-corrected chi connectivity index (χ4v) is 4.05. The van der Waals surface area contributed by atoms with E-state index in [0.29, 0.717) is 53.5 Å². The van der Waals surface area contributed by atoms with Gasteiger partial charge in [0.25, 0.3) is 5.56 Å². The van der Waals surface area contributed by atoms with E-state index in [2.05, 4.69) is 10.3 Å². The van der Waals surface area contributed by atoms with Gasteiger partial charge in [0.1, 0.15) is 0 Å². The molecule has 8 nitrogen and oxygen atoms in total. The van der Waals surface area contributed by atoms with Gasteiger partial charge in [0.15, 0.2) is 5.16 Å². The van der Waals surface area contributed by atoms with Crippen molar-refractivity contribution in [3.63, 3.8) is 0 Å². The highest BCUT2D eigenvalue weighted by Gasteiger charge is 2.14. The van der Waals surface area contributed by atoms with Crippen molar-refractivity contribution in [2.24, 2.45) is 0 Å². The largest absolute Gasteiger partial charge is 0.462 e. The van der Waals surface area contributed by atoms with Crippen LogP contribution in [0.5, 0.6) is 0 Å². The second-order valence-electron chi connectivity index (χ2n) is 7.78. The summed E-state index contributed by atoms with van der Waals surface area (Å²) in [6.45, 7) is 6.95. The number of anilines is 1. The number of amides is 1. The second kappa shape index (κ2) is 12.3. The van der Waals surface area contributed by atoms with Gasteiger partial charge in [0.05, 0.1) is 34.9 Å². The molecule has 0 unspecified atom stereocenters. The molecule has 180 valence electrons. The summed E-state index contributed by atoms with van der Waals surface area (Å²) in [7, 11) is 0. The number of thioether (sulfide) groups is 1. The summed E-state index contributed by atoms with van der Waals surface area (Å²) in [6, 6.07) is 13.7. The molecule has 0 saturated heterocycles.